The number of likely N-dealkylation sites (tertiary alicyclic amines) is 1. The van der Waals surface area contributed by atoms with Crippen molar-refractivity contribution in [2.24, 2.45) is 0 Å². The number of benzene rings is 2. The maximum absolute atomic E-state index is 14.7. The van der Waals surface area contributed by atoms with Crippen molar-refractivity contribution >= 4 is 11.8 Å². The lowest BCUT2D eigenvalue weighted by atomic mass is 9.81. The maximum Gasteiger partial charge on any atom is 0.131 e. The van der Waals surface area contributed by atoms with Crippen LogP contribution in [0.5, 0.6) is 5.75 Å². The molecule has 4 rings (SSSR count). The molecular weight excluding hydrogens is 381 g/mol. The van der Waals surface area contributed by atoms with Crippen LogP contribution in [0.15, 0.2) is 36.4 Å². The van der Waals surface area contributed by atoms with E-state index in [1.165, 1.54) is 5.56 Å². The van der Waals surface area contributed by atoms with E-state index in [-0.39, 0.29) is 17.0 Å². The van der Waals surface area contributed by atoms with Crippen LogP contribution in [-0.4, -0.2) is 35.4 Å². The number of hydrogen-bond acceptors (Lipinski definition) is 3. The summed E-state index contributed by atoms with van der Waals surface area (Å²) in [5.74, 6) is 1.69. The minimum Gasteiger partial charge on any atom is -0.487 e. The molecule has 0 saturated carbocycles. The Morgan fingerprint density at radius 3 is 2.48 bits per heavy atom. The lowest BCUT2D eigenvalue weighted by molar-refractivity contribution is -0.0355. The van der Waals surface area contributed by atoms with E-state index >= 15 is 0 Å². The normalized spacial score (nSPS) is 19.1. The molecule has 0 radical (unpaired) electrons. The molecule has 0 bridgehead atoms. The summed E-state index contributed by atoms with van der Waals surface area (Å²) in [5.41, 5.74) is 4.05. The average Bonchev–Trinajstić information content (AvgIpc) is 2.68. The van der Waals surface area contributed by atoms with E-state index in [9.17, 15) is 4.39 Å². The molecule has 0 amide bonds. The smallest absolute Gasteiger partial charge is 0.131 e. The van der Waals surface area contributed by atoms with Crippen molar-refractivity contribution in [3.05, 3.63) is 53.3 Å². The molecule has 29 heavy (non-hydrogen) atoms. The van der Waals surface area contributed by atoms with Gasteiger partial charge < -0.3 is 4.74 Å². The Bertz CT molecular complexity index is 881. The van der Waals surface area contributed by atoms with Gasteiger partial charge in [-0.25, -0.2) is 4.39 Å². The molecule has 0 unspecified atom stereocenters. The number of ether oxygens (including phenoxy) is 1. The SMILES string of the molecule is CSCc1ccc(-c2ccc3c(c2)CCC2(CCN(C(C)(C)C)CC2)O3)c(F)c1. The second-order valence-corrected chi connectivity index (χ2v) is 10.4. The Balaban J connectivity index is 1.51. The van der Waals surface area contributed by atoms with Gasteiger partial charge in [-0.15, -0.1) is 0 Å². The second-order valence-electron chi connectivity index (χ2n) is 9.51. The van der Waals surface area contributed by atoms with E-state index in [0.717, 1.165) is 61.4 Å². The highest BCUT2D eigenvalue weighted by atomic mass is 32.2. The molecule has 1 spiro atoms. The monoisotopic (exact) mass is 413 g/mol. The standard InChI is InChI=1S/C25H32FNOS/c1-24(2,3)27-13-11-25(12-14-27)10-9-20-16-19(6-8-23(20)28-25)21-7-5-18(17-29-4)15-22(21)26/h5-8,15-16H,9-14,17H2,1-4H3. The van der Waals surface area contributed by atoms with Gasteiger partial charge in [0.15, 0.2) is 0 Å². The Hall–Kier alpha value is -1.52. The topological polar surface area (TPSA) is 12.5 Å². The molecule has 2 aromatic rings. The molecule has 2 aromatic carbocycles. The van der Waals surface area contributed by atoms with Gasteiger partial charge in [-0.2, -0.15) is 11.8 Å². The average molecular weight is 414 g/mol. The number of fused-ring (bicyclic) bond motifs is 1. The number of hydrogen-bond donors (Lipinski definition) is 0. The molecule has 1 saturated heterocycles. The molecule has 0 atom stereocenters. The van der Waals surface area contributed by atoms with Crippen LogP contribution in [0.25, 0.3) is 11.1 Å². The predicted octanol–water partition coefficient (Wildman–Crippen LogP) is 6.31. The molecule has 1 fully saturated rings. The van der Waals surface area contributed by atoms with E-state index in [4.69, 9.17) is 4.74 Å². The van der Waals surface area contributed by atoms with Gasteiger partial charge in [-0.05, 0) is 87.6 Å². The quantitative estimate of drug-likeness (QED) is 0.585. The Morgan fingerprint density at radius 1 is 1.07 bits per heavy atom. The van der Waals surface area contributed by atoms with Gasteiger partial charge in [0.1, 0.15) is 17.2 Å². The molecule has 156 valence electrons. The van der Waals surface area contributed by atoms with E-state index < -0.39 is 0 Å². The van der Waals surface area contributed by atoms with Crippen molar-refractivity contribution in [1.29, 1.82) is 0 Å². The third kappa shape index (κ3) is 4.34. The first-order chi connectivity index (χ1) is 13.8. The lowest BCUT2D eigenvalue weighted by Gasteiger charge is -2.48. The summed E-state index contributed by atoms with van der Waals surface area (Å²) < 4.78 is 21.2. The highest BCUT2D eigenvalue weighted by molar-refractivity contribution is 7.97. The van der Waals surface area contributed by atoms with E-state index in [0.29, 0.717) is 5.56 Å². The van der Waals surface area contributed by atoms with Crippen molar-refractivity contribution in [2.75, 3.05) is 19.3 Å². The molecule has 2 aliphatic heterocycles. The van der Waals surface area contributed by atoms with Crippen LogP contribution in [0.1, 0.15) is 51.2 Å². The lowest BCUT2D eigenvalue weighted by Crippen LogP contribution is -2.54. The summed E-state index contributed by atoms with van der Waals surface area (Å²) in [4.78, 5) is 2.56. The van der Waals surface area contributed by atoms with Crippen LogP contribution in [0.3, 0.4) is 0 Å². The fourth-order valence-electron chi connectivity index (χ4n) is 4.67. The number of rotatable bonds is 3. The highest BCUT2D eigenvalue weighted by Gasteiger charge is 2.41. The van der Waals surface area contributed by atoms with Crippen LogP contribution in [0, 0.1) is 5.82 Å². The van der Waals surface area contributed by atoms with Crippen LogP contribution >= 0.6 is 11.8 Å². The van der Waals surface area contributed by atoms with Gasteiger partial charge >= 0.3 is 0 Å². The second kappa shape index (κ2) is 7.96. The highest BCUT2D eigenvalue weighted by Crippen LogP contribution is 2.41. The first-order valence-corrected chi connectivity index (χ1v) is 12.0. The van der Waals surface area contributed by atoms with Gasteiger partial charge in [0.2, 0.25) is 0 Å². The van der Waals surface area contributed by atoms with Gasteiger partial charge in [0.25, 0.3) is 0 Å². The summed E-state index contributed by atoms with van der Waals surface area (Å²) in [6.45, 7) is 9.04. The number of halogens is 1. The maximum atomic E-state index is 14.7. The minimum atomic E-state index is -0.140. The number of aryl methyl sites for hydroxylation is 1. The van der Waals surface area contributed by atoms with Crippen LogP contribution in [0.4, 0.5) is 4.39 Å². The van der Waals surface area contributed by atoms with Crippen LogP contribution < -0.4 is 4.74 Å². The Kier molecular flexibility index (Phi) is 5.69. The first-order valence-electron chi connectivity index (χ1n) is 10.6. The summed E-state index contributed by atoms with van der Waals surface area (Å²) >= 11 is 1.71. The van der Waals surface area contributed by atoms with Crippen molar-refractivity contribution in [3.63, 3.8) is 0 Å². The van der Waals surface area contributed by atoms with Gasteiger partial charge in [0, 0.05) is 29.9 Å². The molecule has 2 aliphatic rings. The Labute approximate surface area is 178 Å². The van der Waals surface area contributed by atoms with Gasteiger partial charge in [-0.1, -0.05) is 18.2 Å². The number of nitrogens with zero attached hydrogens (tertiary/aromatic N) is 1. The van der Waals surface area contributed by atoms with Crippen molar-refractivity contribution in [3.8, 4) is 16.9 Å². The minimum absolute atomic E-state index is 0.0268. The third-order valence-corrected chi connectivity index (χ3v) is 7.14. The fourth-order valence-corrected chi connectivity index (χ4v) is 5.19. The van der Waals surface area contributed by atoms with Gasteiger partial charge in [0.05, 0.1) is 0 Å². The fraction of sp³-hybridized carbons (Fsp3) is 0.520. The third-order valence-electron chi connectivity index (χ3n) is 6.52. The first kappa shape index (κ1) is 20.7. The Morgan fingerprint density at radius 2 is 1.83 bits per heavy atom. The van der Waals surface area contributed by atoms with Crippen molar-refractivity contribution < 1.29 is 9.13 Å². The summed E-state index contributed by atoms with van der Waals surface area (Å²) in [6.07, 6.45) is 6.25. The molecule has 4 heteroatoms. The van der Waals surface area contributed by atoms with Crippen molar-refractivity contribution in [2.45, 2.75) is 63.3 Å². The van der Waals surface area contributed by atoms with E-state index in [2.05, 4.69) is 37.8 Å². The molecule has 2 nitrogen and oxygen atoms in total. The zero-order valence-electron chi connectivity index (χ0n) is 18.1. The van der Waals surface area contributed by atoms with E-state index in [1.54, 1.807) is 17.8 Å². The summed E-state index contributed by atoms with van der Waals surface area (Å²) in [6, 6.07) is 11.8. The summed E-state index contributed by atoms with van der Waals surface area (Å²) in [7, 11) is 0. The number of piperidine rings is 1. The van der Waals surface area contributed by atoms with Gasteiger partial charge in [-0.3, -0.25) is 4.90 Å². The molecule has 0 N–H and O–H groups in total. The largest absolute Gasteiger partial charge is 0.487 e. The van der Waals surface area contributed by atoms with E-state index in [1.807, 2.05) is 24.5 Å². The molecule has 2 heterocycles. The van der Waals surface area contributed by atoms with Crippen LogP contribution in [0.2, 0.25) is 0 Å². The molecule has 0 aromatic heterocycles. The predicted molar refractivity (Wildman–Crippen MR) is 121 cm³/mol. The zero-order valence-corrected chi connectivity index (χ0v) is 18.9. The van der Waals surface area contributed by atoms with Crippen molar-refractivity contribution in [1.82, 2.24) is 4.90 Å². The van der Waals surface area contributed by atoms with Crippen LogP contribution in [-0.2, 0) is 12.2 Å². The zero-order chi connectivity index (χ0) is 20.6. The number of thioether (sulfide) groups is 1. The molecular formula is C25H32FNOS. The summed E-state index contributed by atoms with van der Waals surface area (Å²) in [5, 5.41) is 0. The molecule has 0 aliphatic carbocycles.